The van der Waals surface area contributed by atoms with Gasteiger partial charge in [0.1, 0.15) is 11.4 Å². The molecule has 3 rings (SSSR count). The first-order valence-electron chi connectivity index (χ1n) is 6.86. The minimum absolute atomic E-state index is 0.170. The van der Waals surface area contributed by atoms with Crippen molar-refractivity contribution in [1.82, 2.24) is 0 Å². The van der Waals surface area contributed by atoms with Crippen molar-refractivity contribution in [3.8, 4) is 5.75 Å². The lowest BCUT2D eigenvalue weighted by molar-refractivity contribution is -0.124. The number of carbonyl (C=O) groups is 1. The topological polar surface area (TPSA) is 41.6 Å². The molecule has 0 unspecified atom stereocenters. The van der Waals surface area contributed by atoms with Gasteiger partial charge in [0.25, 0.3) is 0 Å². The van der Waals surface area contributed by atoms with Gasteiger partial charge in [-0.2, -0.15) is 0 Å². The van der Waals surface area contributed by atoms with E-state index in [1.54, 1.807) is 7.11 Å². The Bertz CT molecular complexity index is 507. The molecule has 0 radical (unpaired) electrons. The Balaban J connectivity index is 2.05. The molecule has 4 nitrogen and oxygen atoms in total. The number of nitrogens with one attached hydrogen (secondary N) is 1. The third kappa shape index (κ3) is 1.86. The normalized spacial score (nSPS) is 20.9. The van der Waals surface area contributed by atoms with Gasteiger partial charge in [-0.15, -0.1) is 0 Å². The number of anilines is 2. The summed E-state index contributed by atoms with van der Waals surface area (Å²) in [6.45, 7) is 0.770. The lowest BCUT2D eigenvalue weighted by Crippen LogP contribution is -2.40. The molecule has 0 bridgehead atoms. The van der Waals surface area contributed by atoms with Crippen LogP contribution in [0.5, 0.6) is 5.75 Å². The van der Waals surface area contributed by atoms with Gasteiger partial charge < -0.3 is 15.0 Å². The number of amides is 1. The van der Waals surface area contributed by atoms with Gasteiger partial charge in [0.05, 0.1) is 18.2 Å². The van der Waals surface area contributed by atoms with Crippen molar-refractivity contribution in [2.75, 3.05) is 30.9 Å². The molecule has 1 aromatic rings. The Kier molecular flexibility index (Phi) is 2.88. The van der Waals surface area contributed by atoms with E-state index in [-0.39, 0.29) is 11.3 Å². The summed E-state index contributed by atoms with van der Waals surface area (Å²) < 4.78 is 5.43. The molecule has 1 aliphatic carbocycles. The van der Waals surface area contributed by atoms with E-state index in [1.807, 2.05) is 25.2 Å². The van der Waals surface area contributed by atoms with Crippen LogP contribution in [0.25, 0.3) is 0 Å². The molecule has 19 heavy (non-hydrogen) atoms. The van der Waals surface area contributed by atoms with Gasteiger partial charge in [0.15, 0.2) is 0 Å². The molecule has 1 amide bonds. The molecular formula is C15H20N2O2. The predicted octanol–water partition coefficient (Wildman–Crippen LogP) is 2.64. The number of hydrogen-bond acceptors (Lipinski definition) is 3. The summed E-state index contributed by atoms with van der Waals surface area (Å²) in [4.78, 5) is 14.7. The molecule has 1 saturated carbocycles. The highest BCUT2D eigenvalue weighted by atomic mass is 16.5. The van der Waals surface area contributed by atoms with Crippen LogP contribution in [0.2, 0.25) is 0 Å². The molecular weight excluding hydrogens is 240 g/mol. The van der Waals surface area contributed by atoms with Crippen molar-refractivity contribution in [2.24, 2.45) is 5.41 Å². The summed E-state index contributed by atoms with van der Waals surface area (Å²) in [5, 5.41) is 3.10. The molecule has 1 spiro atoms. The Labute approximate surface area is 113 Å². The van der Waals surface area contributed by atoms with Crippen LogP contribution in [0.1, 0.15) is 25.7 Å². The van der Waals surface area contributed by atoms with E-state index in [0.29, 0.717) is 0 Å². The second-order valence-corrected chi connectivity index (χ2v) is 5.65. The number of nitrogens with zero attached hydrogens (tertiary/aromatic N) is 1. The summed E-state index contributed by atoms with van der Waals surface area (Å²) in [5.41, 5.74) is 1.62. The number of para-hydroxylation sites is 1. The maximum absolute atomic E-state index is 12.6. The van der Waals surface area contributed by atoms with Gasteiger partial charge in [-0.1, -0.05) is 18.9 Å². The van der Waals surface area contributed by atoms with E-state index in [4.69, 9.17) is 4.74 Å². The van der Waals surface area contributed by atoms with Gasteiger partial charge in [0, 0.05) is 13.6 Å². The van der Waals surface area contributed by atoms with Crippen LogP contribution in [0.15, 0.2) is 18.2 Å². The van der Waals surface area contributed by atoms with Crippen molar-refractivity contribution in [2.45, 2.75) is 25.7 Å². The van der Waals surface area contributed by atoms with Crippen LogP contribution in [-0.4, -0.2) is 26.6 Å². The SMILES string of the molecule is COc1cccc2c1N(C)CC1(CCCC1)C(=O)N2. The molecule has 0 aromatic heterocycles. The average Bonchev–Trinajstić information content (AvgIpc) is 2.83. The first kappa shape index (κ1) is 12.3. The summed E-state index contributed by atoms with van der Waals surface area (Å²) >= 11 is 0. The molecule has 0 atom stereocenters. The quantitative estimate of drug-likeness (QED) is 0.844. The highest BCUT2D eigenvalue weighted by Crippen LogP contribution is 2.46. The highest BCUT2D eigenvalue weighted by molar-refractivity contribution is 6.01. The van der Waals surface area contributed by atoms with Gasteiger partial charge in [-0.3, -0.25) is 4.79 Å². The van der Waals surface area contributed by atoms with Gasteiger partial charge in [0.2, 0.25) is 5.91 Å². The molecule has 1 aromatic carbocycles. The Hall–Kier alpha value is -1.71. The van der Waals surface area contributed by atoms with E-state index in [2.05, 4.69) is 10.2 Å². The molecule has 1 N–H and O–H groups in total. The monoisotopic (exact) mass is 260 g/mol. The van der Waals surface area contributed by atoms with Crippen LogP contribution in [0.4, 0.5) is 11.4 Å². The maximum Gasteiger partial charge on any atom is 0.232 e. The molecule has 2 aliphatic rings. The average molecular weight is 260 g/mol. The van der Waals surface area contributed by atoms with Gasteiger partial charge in [-0.05, 0) is 25.0 Å². The zero-order valence-electron chi connectivity index (χ0n) is 11.5. The zero-order valence-corrected chi connectivity index (χ0v) is 11.5. The maximum atomic E-state index is 12.6. The fraction of sp³-hybridized carbons (Fsp3) is 0.533. The molecule has 1 heterocycles. The largest absolute Gasteiger partial charge is 0.495 e. The fourth-order valence-corrected chi connectivity index (χ4v) is 3.48. The van der Waals surface area contributed by atoms with E-state index in [0.717, 1.165) is 49.4 Å². The number of carbonyl (C=O) groups excluding carboxylic acids is 1. The standard InChI is InChI=1S/C15H20N2O2/c1-17-10-15(8-3-4-9-15)14(18)16-11-6-5-7-12(19-2)13(11)17/h5-7H,3-4,8-10H2,1-2H3,(H,16,18). The summed E-state index contributed by atoms with van der Waals surface area (Å²) in [5.74, 6) is 0.985. The third-order valence-corrected chi connectivity index (χ3v) is 4.43. The van der Waals surface area contributed by atoms with Crippen LogP contribution < -0.4 is 15.0 Å². The van der Waals surface area contributed by atoms with Crippen LogP contribution in [0.3, 0.4) is 0 Å². The minimum Gasteiger partial charge on any atom is -0.495 e. The highest BCUT2D eigenvalue weighted by Gasteiger charge is 2.44. The second kappa shape index (κ2) is 4.44. The van der Waals surface area contributed by atoms with Crippen molar-refractivity contribution in [1.29, 1.82) is 0 Å². The van der Waals surface area contributed by atoms with Gasteiger partial charge >= 0.3 is 0 Å². The lowest BCUT2D eigenvalue weighted by atomic mass is 9.85. The lowest BCUT2D eigenvalue weighted by Gasteiger charge is -2.30. The first-order valence-corrected chi connectivity index (χ1v) is 6.86. The predicted molar refractivity (Wildman–Crippen MR) is 75.8 cm³/mol. The molecule has 1 fully saturated rings. The number of methoxy groups -OCH3 is 1. The summed E-state index contributed by atoms with van der Waals surface area (Å²) in [7, 11) is 3.71. The van der Waals surface area contributed by atoms with Crippen LogP contribution in [-0.2, 0) is 4.79 Å². The zero-order chi connectivity index (χ0) is 13.5. The van der Waals surface area contributed by atoms with E-state index in [9.17, 15) is 4.79 Å². The second-order valence-electron chi connectivity index (χ2n) is 5.65. The smallest absolute Gasteiger partial charge is 0.232 e. The molecule has 4 heteroatoms. The van der Waals surface area contributed by atoms with Gasteiger partial charge in [-0.25, -0.2) is 0 Å². The van der Waals surface area contributed by atoms with Crippen molar-refractivity contribution >= 4 is 17.3 Å². The molecule has 0 saturated heterocycles. The fourth-order valence-electron chi connectivity index (χ4n) is 3.48. The van der Waals surface area contributed by atoms with Crippen LogP contribution in [0, 0.1) is 5.41 Å². The number of benzene rings is 1. The number of ether oxygens (including phenoxy) is 1. The van der Waals surface area contributed by atoms with Crippen molar-refractivity contribution < 1.29 is 9.53 Å². The van der Waals surface area contributed by atoms with Crippen LogP contribution >= 0.6 is 0 Å². The Morgan fingerprint density at radius 2 is 2.05 bits per heavy atom. The van der Waals surface area contributed by atoms with E-state index >= 15 is 0 Å². The van der Waals surface area contributed by atoms with Crippen molar-refractivity contribution in [3.63, 3.8) is 0 Å². The third-order valence-electron chi connectivity index (χ3n) is 4.43. The molecule has 102 valence electrons. The van der Waals surface area contributed by atoms with Crippen molar-refractivity contribution in [3.05, 3.63) is 18.2 Å². The number of hydrogen-bond donors (Lipinski definition) is 1. The van der Waals surface area contributed by atoms with E-state index in [1.165, 1.54) is 0 Å². The number of fused-ring (bicyclic) bond motifs is 1. The molecule has 1 aliphatic heterocycles. The first-order chi connectivity index (χ1) is 9.16. The summed E-state index contributed by atoms with van der Waals surface area (Å²) in [6, 6.07) is 5.80. The van der Waals surface area contributed by atoms with E-state index < -0.39 is 0 Å². The Morgan fingerprint density at radius 3 is 2.74 bits per heavy atom. The summed E-state index contributed by atoms with van der Waals surface area (Å²) in [6.07, 6.45) is 4.27. The number of rotatable bonds is 1. The Morgan fingerprint density at radius 1 is 1.32 bits per heavy atom. The minimum atomic E-state index is -0.223.